The molecule has 1 saturated heterocycles. The van der Waals surface area contributed by atoms with Crippen molar-refractivity contribution >= 4 is 23.4 Å². The maximum atomic E-state index is 10.1. The van der Waals surface area contributed by atoms with E-state index in [4.69, 9.17) is 0 Å². The highest BCUT2D eigenvalue weighted by atomic mass is 32.2. The summed E-state index contributed by atoms with van der Waals surface area (Å²) in [5.41, 5.74) is 0. The van der Waals surface area contributed by atoms with Crippen molar-refractivity contribution in [3.8, 4) is 0 Å². The summed E-state index contributed by atoms with van der Waals surface area (Å²) in [6.45, 7) is 5.01. The van der Waals surface area contributed by atoms with Crippen LogP contribution in [0, 0.1) is 11.8 Å². The minimum atomic E-state index is -0.125. The molecule has 2 heterocycles. The fourth-order valence-corrected chi connectivity index (χ4v) is 3.81. The maximum Gasteiger partial charge on any atom is 0.191 e. The lowest BCUT2D eigenvalue weighted by molar-refractivity contribution is 0.133. The standard InChI is InChI=1S/C15H24N4OS/c1-3-6-16-13-7-14(18-15(17-13)21-2)19-8-10-4-5-12(20)11(10)9-19/h7,10-12,20H,3-6,8-9H2,1-2H3,(H,16,17,18). The summed E-state index contributed by atoms with van der Waals surface area (Å²) in [7, 11) is 0. The van der Waals surface area contributed by atoms with Gasteiger partial charge in [0.25, 0.3) is 0 Å². The zero-order valence-electron chi connectivity index (χ0n) is 12.7. The van der Waals surface area contributed by atoms with Crippen LogP contribution in [0.2, 0.25) is 0 Å². The van der Waals surface area contributed by atoms with Gasteiger partial charge in [0.1, 0.15) is 11.6 Å². The SMILES string of the molecule is CCCNc1cc(N2CC3CCC(O)C3C2)nc(SC)n1. The van der Waals surface area contributed by atoms with Crippen molar-refractivity contribution < 1.29 is 5.11 Å². The van der Waals surface area contributed by atoms with Crippen molar-refractivity contribution in [2.75, 3.05) is 36.1 Å². The zero-order valence-corrected chi connectivity index (χ0v) is 13.6. The number of rotatable bonds is 5. The van der Waals surface area contributed by atoms with Gasteiger partial charge < -0.3 is 15.3 Å². The Morgan fingerprint density at radius 1 is 1.38 bits per heavy atom. The van der Waals surface area contributed by atoms with Crippen LogP contribution >= 0.6 is 11.8 Å². The molecule has 3 atom stereocenters. The number of aliphatic hydroxyl groups is 1. The maximum absolute atomic E-state index is 10.1. The number of nitrogens with one attached hydrogen (secondary N) is 1. The highest BCUT2D eigenvalue weighted by molar-refractivity contribution is 7.98. The van der Waals surface area contributed by atoms with Crippen LogP contribution in [-0.2, 0) is 0 Å². The molecule has 0 spiro atoms. The molecule has 0 radical (unpaired) electrons. The second-order valence-corrected chi connectivity index (χ2v) is 6.77. The lowest BCUT2D eigenvalue weighted by Gasteiger charge is -2.20. The second-order valence-electron chi connectivity index (χ2n) is 6.00. The lowest BCUT2D eigenvalue weighted by Crippen LogP contribution is -2.25. The molecule has 0 bridgehead atoms. The van der Waals surface area contributed by atoms with Crippen LogP contribution in [0.4, 0.5) is 11.6 Å². The zero-order chi connectivity index (χ0) is 14.8. The largest absolute Gasteiger partial charge is 0.393 e. The van der Waals surface area contributed by atoms with Gasteiger partial charge in [0.2, 0.25) is 0 Å². The van der Waals surface area contributed by atoms with Gasteiger partial charge in [-0.05, 0) is 31.4 Å². The minimum absolute atomic E-state index is 0.125. The third-order valence-electron chi connectivity index (χ3n) is 4.57. The van der Waals surface area contributed by atoms with Crippen LogP contribution in [0.3, 0.4) is 0 Å². The molecule has 2 N–H and O–H groups in total. The minimum Gasteiger partial charge on any atom is -0.393 e. The molecule has 1 aromatic heterocycles. The molecule has 21 heavy (non-hydrogen) atoms. The number of hydrogen-bond donors (Lipinski definition) is 2. The Morgan fingerprint density at radius 3 is 2.95 bits per heavy atom. The lowest BCUT2D eigenvalue weighted by atomic mass is 10.00. The average molecular weight is 308 g/mol. The first-order valence-corrected chi connectivity index (χ1v) is 9.03. The Labute approximate surface area is 130 Å². The van der Waals surface area contributed by atoms with E-state index in [1.165, 1.54) is 0 Å². The van der Waals surface area contributed by atoms with E-state index in [9.17, 15) is 5.11 Å². The number of anilines is 2. The number of aromatic nitrogens is 2. The van der Waals surface area contributed by atoms with Gasteiger partial charge in [0, 0.05) is 31.6 Å². The second kappa shape index (κ2) is 6.40. The van der Waals surface area contributed by atoms with Crippen LogP contribution < -0.4 is 10.2 Å². The molecule has 1 saturated carbocycles. The van der Waals surface area contributed by atoms with Crippen LogP contribution in [-0.4, -0.2) is 47.1 Å². The fourth-order valence-electron chi connectivity index (χ4n) is 3.43. The summed E-state index contributed by atoms with van der Waals surface area (Å²) in [4.78, 5) is 11.5. The van der Waals surface area contributed by atoms with Gasteiger partial charge in [-0.2, -0.15) is 0 Å². The van der Waals surface area contributed by atoms with Gasteiger partial charge in [0.15, 0.2) is 5.16 Å². The van der Waals surface area contributed by atoms with Gasteiger partial charge in [-0.15, -0.1) is 0 Å². The van der Waals surface area contributed by atoms with Crippen molar-refractivity contribution in [1.82, 2.24) is 9.97 Å². The Bertz CT molecular complexity index is 499. The summed E-state index contributed by atoms with van der Waals surface area (Å²) in [5.74, 6) is 2.95. The van der Waals surface area contributed by atoms with E-state index < -0.39 is 0 Å². The first kappa shape index (κ1) is 14.9. The van der Waals surface area contributed by atoms with Crippen LogP contribution in [0.5, 0.6) is 0 Å². The van der Waals surface area contributed by atoms with E-state index >= 15 is 0 Å². The van der Waals surface area contributed by atoms with Gasteiger partial charge in [-0.1, -0.05) is 18.7 Å². The van der Waals surface area contributed by atoms with Crippen LogP contribution in [0.15, 0.2) is 11.2 Å². The number of nitrogens with zero attached hydrogens (tertiary/aromatic N) is 3. The smallest absolute Gasteiger partial charge is 0.191 e. The normalized spacial score (nSPS) is 28.0. The third kappa shape index (κ3) is 3.11. The molecule has 1 aliphatic heterocycles. The Hall–Kier alpha value is -1.01. The van der Waals surface area contributed by atoms with E-state index in [0.717, 1.165) is 55.7 Å². The Kier molecular flexibility index (Phi) is 4.54. The first-order valence-electron chi connectivity index (χ1n) is 7.81. The van der Waals surface area contributed by atoms with Crippen molar-refractivity contribution in [2.24, 2.45) is 11.8 Å². The van der Waals surface area contributed by atoms with E-state index in [2.05, 4.69) is 27.1 Å². The summed E-state index contributed by atoms with van der Waals surface area (Å²) in [6.07, 6.45) is 5.06. The average Bonchev–Trinajstić information content (AvgIpc) is 3.07. The van der Waals surface area contributed by atoms with Gasteiger partial charge in [-0.25, -0.2) is 9.97 Å². The first-order chi connectivity index (χ1) is 10.2. The molecule has 0 amide bonds. The molecule has 2 aliphatic rings. The topological polar surface area (TPSA) is 61.3 Å². The number of hydrogen-bond acceptors (Lipinski definition) is 6. The van der Waals surface area contributed by atoms with E-state index in [1.54, 1.807) is 11.8 Å². The summed E-state index contributed by atoms with van der Waals surface area (Å²) < 4.78 is 0. The predicted octanol–water partition coefficient (Wildman–Crippen LogP) is 2.23. The fraction of sp³-hybridized carbons (Fsp3) is 0.733. The number of aliphatic hydroxyl groups excluding tert-OH is 1. The van der Waals surface area contributed by atoms with Gasteiger partial charge in [0.05, 0.1) is 6.10 Å². The summed E-state index contributed by atoms with van der Waals surface area (Å²) in [5, 5.41) is 14.2. The van der Waals surface area contributed by atoms with Gasteiger partial charge in [-0.3, -0.25) is 0 Å². The summed E-state index contributed by atoms with van der Waals surface area (Å²) >= 11 is 1.57. The number of fused-ring (bicyclic) bond motifs is 1. The highest BCUT2D eigenvalue weighted by Crippen LogP contribution is 2.39. The molecule has 5 nitrogen and oxygen atoms in total. The molecule has 116 valence electrons. The molecule has 6 heteroatoms. The third-order valence-corrected chi connectivity index (χ3v) is 5.12. The Morgan fingerprint density at radius 2 is 2.24 bits per heavy atom. The van der Waals surface area contributed by atoms with Crippen molar-refractivity contribution in [3.63, 3.8) is 0 Å². The quantitative estimate of drug-likeness (QED) is 0.642. The monoisotopic (exact) mass is 308 g/mol. The number of thioether (sulfide) groups is 1. The van der Waals surface area contributed by atoms with E-state index in [0.29, 0.717) is 11.8 Å². The highest BCUT2D eigenvalue weighted by Gasteiger charge is 2.42. The molecule has 2 fully saturated rings. The summed E-state index contributed by atoms with van der Waals surface area (Å²) in [6, 6.07) is 2.04. The molecular formula is C15H24N4OS. The van der Waals surface area contributed by atoms with Crippen molar-refractivity contribution in [1.29, 1.82) is 0 Å². The van der Waals surface area contributed by atoms with Crippen molar-refractivity contribution in [3.05, 3.63) is 6.07 Å². The van der Waals surface area contributed by atoms with Crippen LogP contribution in [0.25, 0.3) is 0 Å². The van der Waals surface area contributed by atoms with E-state index in [-0.39, 0.29) is 6.10 Å². The molecule has 0 aromatic carbocycles. The molecule has 1 aromatic rings. The Balaban J connectivity index is 1.78. The molecule has 3 rings (SSSR count). The van der Waals surface area contributed by atoms with Crippen molar-refractivity contribution in [2.45, 2.75) is 37.4 Å². The van der Waals surface area contributed by atoms with Gasteiger partial charge >= 0.3 is 0 Å². The van der Waals surface area contributed by atoms with Crippen LogP contribution in [0.1, 0.15) is 26.2 Å². The molecule has 3 unspecified atom stereocenters. The predicted molar refractivity (Wildman–Crippen MR) is 87.0 cm³/mol. The molecule has 1 aliphatic carbocycles. The molecular weight excluding hydrogens is 284 g/mol. The van der Waals surface area contributed by atoms with E-state index in [1.807, 2.05) is 12.3 Å².